The van der Waals surface area contributed by atoms with Gasteiger partial charge in [-0.15, -0.1) is 0 Å². The number of hydrogen-bond donors (Lipinski definition) is 2. The molecule has 0 saturated carbocycles. The maximum Gasteiger partial charge on any atom is 0.174 e. The molecule has 0 radical (unpaired) electrons. The summed E-state index contributed by atoms with van der Waals surface area (Å²) in [6.45, 7) is 0. The monoisotopic (exact) mass is 330 g/mol. The van der Waals surface area contributed by atoms with Crippen molar-refractivity contribution in [2.24, 2.45) is 5.84 Å². The molecule has 0 saturated heterocycles. The van der Waals surface area contributed by atoms with Crippen molar-refractivity contribution in [3.63, 3.8) is 0 Å². The second-order valence-electron chi connectivity index (χ2n) is 3.64. The van der Waals surface area contributed by atoms with E-state index in [0.717, 1.165) is 11.1 Å². The molecular weight excluding hydrogens is 320 g/mol. The zero-order valence-corrected chi connectivity index (χ0v) is 12.0. The van der Waals surface area contributed by atoms with Gasteiger partial charge in [0.05, 0.1) is 19.4 Å². The van der Waals surface area contributed by atoms with Crippen LogP contribution in [0.2, 0.25) is 5.02 Å². The van der Waals surface area contributed by atoms with Gasteiger partial charge in [0, 0.05) is 16.1 Å². The van der Waals surface area contributed by atoms with E-state index in [9.17, 15) is 0 Å². The molecule has 2 rings (SSSR count). The van der Waals surface area contributed by atoms with Crippen LogP contribution in [0.25, 0.3) is 0 Å². The van der Waals surface area contributed by atoms with E-state index in [0.29, 0.717) is 15.4 Å². The van der Waals surface area contributed by atoms with E-state index in [1.807, 2.05) is 12.1 Å². The minimum Gasteiger partial charge on any atom is -0.496 e. The molecule has 0 spiro atoms. The lowest BCUT2D eigenvalue weighted by atomic mass is 10.0. The molecule has 1 aromatic heterocycles. The fraction of sp³-hybridized carbons (Fsp3) is 0.167. The molecule has 6 heteroatoms. The molecule has 4 nitrogen and oxygen atoms in total. The SMILES string of the molecule is COc1ccc(Cl)cc1C(NN)c1ccoc1Br. The normalized spacial score (nSPS) is 12.4. The molecule has 0 amide bonds. The smallest absolute Gasteiger partial charge is 0.174 e. The Morgan fingerprint density at radius 2 is 2.17 bits per heavy atom. The molecule has 18 heavy (non-hydrogen) atoms. The van der Waals surface area contributed by atoms with Crippen molar-refractivity contribution in [2.75, 3.05) is 7.11 Å². The third-order valence-electron chi connectivity index (χ3n) is 2.63. The quantitative estimate of drug-likeness (QED) is 0.667. The number of ether oxygens (including phenoxy) is 1. The van der Waals surface area contributed by atoms with Gasteiger partial charge >= 0.3 is 0 Å². The Kier molecular flexibility index (Phi) is 4.29. The largest absolute Gasteiger partial charge is 0.496 e. The molecule has 0 aliphatic carbocycles. The van der Waals surface area contributed by atoms with Gasteiger partial charge in [-0.05, 0) is 40.2 Å². The number of methoxy groups -OCH3 is 1. The zero-order valence-electron chi connectivity index (χ0n) is 9.61. The molecule has 0 aliphatic rings. The van der Waals surface area contributed by atoms with E-state index >= 15 is 0 Å². The summed E-state index contributed by atoms with van der Waals surface area (Å²) in [5.41, 5.74) is 4.45. The molecule has 1 unspecified atom stereocenters. The minimum absolute atomic E-state index is 0.272. The summed E-state index contributed by atoms with van der Waals surface area (Å²) >= 11 is 9.35. The second-order valence-corrected chi connectivity index (χ2v) is 4.79. The number of hydrazine groups is 1. The first-order chi connectivity index (χ1) is 8.67. The lowest BCUT2D eigenvalue weighted by Gasteiger charge is -2.18. The molecule has 0 fully saturated rings. The van der Waals surface area contributed by atoms with E-state index in [1.54, 1.807) is 25.5 Å². The average molecular weight is 332 g/mol. The van der Waals surface area contributed by atoms with Crippen LogP contribution < -0.4 is 16.0 Å². The Labute approximate surface area is 118 Å². The van der Waals surface area contributed by atoms with Crippen LogP contribution in [0.3, 0.4) is 0 Å². The van der Waals surface area contributed by atoms with Crippen molar-refractivity contribution in [2.45, 2.75) is 6.04 Å². The Balaban J connectivity index is 2.51. The fourth-order valence-electron chi connectivity index (χ4n) is 1.79. The topological polar surface area (TPSA) is 60.4 Å². The predicted octanol–water partition coefficient (Wildman–Crippen LogP) is 3.26. The molecular formula is C12H12BrClN2O2. The van der Waals surface area contributed by atoms with Gasteiger partial charge in [0.25, 0.3) is 0 Å². The van der Waals surface area contributed by atoms with Crippen molar-refractivity contribution in [1.29, 1.82) is 0 Å². The first-order valence-electron chi connectivity index (χ1n) is 5.19. The van der Waals surface area contributed by atoms with Gasteiger partial charge in [-0.2, -0.15) is 0 Å². The molecule has 0 bridgehead atoms. The highest BCUT2D eigenvalue weighted by Crippen LogP contribution is 2.35. The number of hydrogen-bond acceptors (Lipinski definition) is 4. The van der Waals surface area contributed by atoms with Crippen LogP contribution in [-0.4, -0.2) is 7.11 Å². The lowest BCUT2D eigenvalue weighted by molar-refractivity contribution is 0.404. The van der Waals surface area contributed by atoms with Crippen LogP contribution in [0.1, 0.15) is 17.2 Å². The van der Waals surface area contributed by atoms with Crippen molar-refractivity contribution < 1.29 is 9.15 Å². The van der Waals surface area contributed by atoms with Crippen LogP contribution in [0.15, 0.2) is 39.6 Å². The molecule has 2 aromatic rings. The third-order valence-corrected chi connectivity index (χ3v) is 3.51. The highest BCUT2D eigenvalue weighted by Gasteiger charge is 2.21. The molecule has 96 valence electrons. The van der Waals surface area contributed by atoms with Crippen LogP contribution in [0.5, 0.6) is 5.75 Å². The summed E-state index contributed by atoms with van der Waals surface area (Å²) < 4.78 is 11.2. The number of benzene rings is 1. The van der Waals surface area contributed by atoms with Crippen molar-refractivity contribution >= 4 is 27.5 Å². The van der Waals surface area contributed by atoms with Gasteiger partial charge < -0.3 is 9.15 Å². The highest BCUT2D eigenvalue weighted by molar-refractivity contribution is 9.10. The average Bonchev–Trinajstić information content (AvgIpc) is 2.77. The van der Waals surface area contributed by atoms with Gasteiger partial charge in [0.2, 0.25) is 0 Å². The molecule has 0 aliphatic heterocycles. The summed E-state index contributed by atoms with van der Waals surface area (Å²) in [5.74, 6) is 6.33. The fourth-order valence-corrected chi connectivity index (χ4v) is 2.44. The highest BCUT2D eigenvalue weighted by atomic mass is 79.9. The standard InChI is InChI=1S/C12H12BrClN2O2/c1-17-10-3-2-7(14)6-9(10)11(16-15)8-4-5-18-12(8)13/h2-6,11,16H,15H2,1H3. The second kappa shape index (κ2) is 5.75. The molecule has 1 aromatic carbocycles. The number of rotatable bonds is 4. The number of nitrogens with two attached hydrogens (primary N) is 1. The summed E-state index contributed by atoms with van der Waals surface area (Å²) in [4.78, 5) is 0. The van der Waals surface area contributed by atoms with E-state index in [4.69, 9.17) is 26.6 Å². The Morgan fingerprint density at radius 3 is 2.72 bits per heavy atom. The summed E-state index contributed by atoms with van der Waals surface area (Å²) in [5, 5.41) is 0.616. The van der Waals surface area contributed by atoms with E-state index in [-0.39, 0.29) is 6.04 Å². The van der Waals surface area contributed by atoms with E-state index in [1.165, 1.54) is 0 Å². The van der Waals surface area contributed by atoms with Crippen molar-refractivity contribution in [1.82, 2.24) is 5.43 Å². The van der Waals surface area contributed by atoms with Crippen molar-refractivity contribution in [3.05, 3.63) is 51.3 Å². The van der Waals surface area contributed by atoms with Crippen molar-refractivity contribution in [3.8, 4) is 5.75 Å². The van der Waals surface area contributed by atoms with Crippen LogP contribution in [0.4, 0.5) is 0 Å². The molecule has 1 atom stereocenters. The van der Waals surface area contributed by atoms with E-state index < -0.39 is 0 Å². The van der Waals surface area contributed by atoms with Gasteiger partial charge in [-0.1, -0.05) is 11.6 Å². The molecule has 1 heterocycles. The maximum atomic E-state index is 6.02. The van der Waals surface area contributed by atoms with Crippen LogP contribution >= 0.6 is 27.5 Å². The Hall–Kier alpha value is -1.01. The van der Waals surface area contributed by atoms with Crippen LogP contribution in [-0.2, 0) is 0 Å². The summed E-state index contributed by atoms with van der Waals surface area (Å²) in [7, 11) is 1.60. The van der Waals surface area contributed by atoms with Gasteiger partial charge in [0.1, 0.15) is 5.75 Å². The zero-order chi connectivity index (χ0) is 13.1. The van der Waals surface area contributed by atoms with Crippen LogP contribution in [0, 0.1) is 0 Å². The minimum atomic E-state index is -0.272. The number of halogens is 2. The maximum absolute atomic E-state index is 6.02. The molecule has 3 N–H and O–H groups in total. The Morgan fingerprint density at radius 1 is 1.39 bits per heavy atom. The summed E-state index contributed by atoms with van der Waals surface area (Å²) in [6, 6.07) is 6.93. The number of nitrogens with one attached hydrogen (secondary N) is 1. The Bertz CT molecular complexity index is 545. The first kappa shape index (κ1) is 13.4. The predicted molar refractivity (Wildman–Crippen MR) is 73.6 cm³/mol. The first-order valence-corrected chi connectivity index (χ1v) is 6.37. The summed E-state index contributed by atoms with van der Waals surface area (Å²) in [6.07, 6.45) is 1.58. The van der Waals surface area contributed by atoms with Gasteiger partial charge in [-0.25, -0.2) is 5.43 Å². The lowest BCUT2D eigenvalue weighted by Crippen LogP contribution is -2.29. The van der Waals surface area contributed by atoms with E-state index in [2.05, 4.69) is 21.4 Å². The van der Waals surface area contributed by atoms with Gasteiger partial charge in [-0.3, -0.25) is 5.84 Å². The number of furan rings is 1. The third kappa shape index (κ3) is 2.54. The van der Waals surface area contributed by atoms with Gasteiger partial charge in [0.15, 0.2) is 4.67 Å².